The van der Waals surface area contributed by atoms with E-state index in [1.807, 2.05) is 24.3 Å². The van der Waals surface area contributed by atoms with Crippen molar-refractivity contribution in [1.82, 2.24) is 10.1 Å². The van der Waals surface area contributed by atoms with Crippen molar-refractivity contribution in [1.29, 1.82) is 0 Å². The third-order valence-corrected chi connectivity index (χ3v) is 2.77. The predicted octanol–water partition coefficient (Wildman–Crippen LogP) is 2.05. The van der Waals surface area contributed by atoms with Crippen LogP contribution in [-0.4, -0.2) is 16.7 Å². The van der Waals surface area contributed by atoms with Gasteiger partial charge < -0.3 is 15.0 Å². The van der Waals surface area contributed by atoms with Gasteiger partial charge in [-0.05, 0) is 17.5 Å². The fraction of sp³-hybridized carbons (Fsp3) is 0.429. The summed E-state index contributed by atoms with van der Waals surface area (Å²) in [6.45, 7) is 3.68. The van der Waals surface area contributed by atoms with Gasteiger partial charge in [0, 0.05) is 13.2 Å². The van der Waals surface area contributed by atoms with Gasteiger partial charge in [-0.1, -0.05) is 36.3 Å². The van der Waals surface area contributed by atoms with E-state index >= 15 is 0 Å². The van der Waals surface area contributed by atoms with Crippen LogP contribution < -0.4 is 5.73 Å². The molecule has 2 rings (SSSR count). The lowest BCUT2D eigenvalue weighted by atomic mass is 10.0. The van der Waals surface area contributed by atoms with E-state index in [0.717, 1.165) is 17.5 Å². The number of benzene rings is 1. The van der Waals surface area contributed by atoms with Gasteiger partial charge >= 0.3 is 0 Å². The second kappa shape index (κ2) is 7.01. The van der Waals surface area contributed by atoms with Crippen LogP contribution in [0.25, 0.3) is 0 Å². The molecule has 2 N–H and O–H groups in total. The monoisotopic (exact) mass is 261 g/mol. The Kier molecular flexibility index (Phi) is 5.06. The molecule has 0 bridgehead atoms. The average molecular weight is 261 g/mol. The van der Waals surface area contributed by atoms with E-state index in [0.29, 0.717) is 37.9 Å². The molecule has 102 valence electrons. The maximum absolute atomic E-state index is 5.70. The van der Waals surface area contributed by atoms with Gasteiger partial charge in [-0.25, -0.2) is 0 Å². The summed E-state index contributed by atoms with van der Waals surface area (Å²) in [5, 5.41) is 3.90. The first-order chi connectivity index (χ1) is 9.33. The standard InChI is InChI=1S/C14H19N3O2/c1-2-7-18-10-13-16-14(19-17-13)8-11-5-3-4-6-12(11)9-15/h3-6H,2,7-10,15H2,1H3. The minimum atomic E-state index is 0.399. The maximum Gasteiger partial charge on any atom is 0.231 e. The Morgan fingerprint density at radius 1 is 1.26 bits per heavy atom. The molecule has 0 atom stereocenters. The van der Waals surface area contributed by atoms with Crippen molar-refractivity contribution in [2.24, 2.45) is 5.73 Å². The molecule has 0 aliphatic rings. The van der Waals surface area contributed by atoms with Crippen molar-refractivity contribution in [2.45, 2.75) is 32.9 Å². The van der Waals surface area contributed by atoms with Crippen LogP contribution in [0.3, 0.4) is 0 Å². The van der Waals surface area contributed by atoms with Crippen molar-refractivity contribution >= 4 is 0 Å². The molecule has 0 amide bonds. The lowest BCUT2D eigenvalue weighted by Crippen LogP contribution is -2.02. The molecule has 2 aromatic rings. The fourth-order valence-corrected chi connectivity index (χ4v) is 1.82. The van der Waals surface area contributed by atoms with Crippen LogP contribution in [0.4, 0.5) is 0 Å². The van der Waals surface area contributed by atoms with Gasteiger partial charge in [-0.3, -0.25) is 0 Å². The van der Waals surface area contributed by atoms with Crippen molar-refractivity contribution in [3.8, 4) is 0 Å². The van der Waals surface area contributed by atoms with Gasteiger partial charge in [0.05, 0.1) is 6.42 Å². The van der Waals surface area contributed by atoms with Crippen LogP contribution in [0.1, 0.15) is 36.2 Å². The van der Waals surface area contributed by atoms with Gasteiger partial charge in [0.2, 0.25) is 5.89 Å². The van der Waals surface area contributed by atoms with E-state index < -0.39 is 0 Å². The van der Waals surface area contributed by atoms with Gasteiger partial charge in [-0.15, -0.1) is 0 Å². The Balaban J connectivity index is 1.99. The van der Waals surface area contributed by atoms with Crippen molar-refractivity contribution in [2.75, 3.05) is 6.61 Å². The van der Waals surface area contributed by atoms with E-state index in [4.69, 9.17) is 15.0 Å². The Labute approximate surface area is 112 Å². The summed E-state index contributed by atoms with van der Waals surface area (Å²) in [5.41, 5.74) is 7.93. The van der Waals surface area contributed by atoms with Crippen LogP contribution in [0.5, 0.6) is 0 Å². The molecule has 1 heterocycles. The number of ether oxygens (including phenoxy) is 1. The quantitative estimate of drug-likeness (QED) is 0.772. The van der Waals surface area contributed by atoms with Gasteiger partial charge in [0.15, 0.2) is 5.82 Å². The fourth-order valence-electron chi connectivity index (χ4n) is 1.82. The Morgan fingerprint density at radius 3 is 2.79 bits per heavy atom. The number of hydrogen-bond acceptors (Lipinski definition) is 5. The Bertz CT molecular complexity index is 511. The first kappa shape index (κ1) is 13.7. The topological polar surface area (TPSA) is 74.2 Å². The van der Waals surface area contributed by atoms with Crippen LogP contribution in [0, 0.1) is 0 Å². The normalized spacial score (nSPS) is 10.8. The number of rotatable bonds is 7. The molecule has 0 fully saturated rings. The van der Waals surface area contributed by atoms with E-state index in [1.165, 1.54) is 0 Å². The molecule has 0 unspecified atom stereocenters. The molecule has 5 nitrogen and oxygen atoms in total. The molecule has 5 heteroatoms. The van der Waals surface area contributed by atoms with E-state index in [9.17, 15) is 0 Å². The zero-order chi connectivity index (χ0) is 13.5. The molecular formula is C14H19N3O2. The Morgan fingerprint density at radius 2 is 2.05 bits per heavy atom. The minimum Gasteiger partial charge on any atom is -0.373 e. The third-order valence-electron chi connectivity index (χ3n) is 2.77. The zero-order valence-electron chi connectivity index (χ0n) is 11.1. The molecule has 0 spiro atoms. The van der Waals surface area contributed by atoms with E-state index in [-0.39, 0.29) is 0 Å². The largest absolute Gasteiger partial charge is 0.373 e. The molecule has 0 aliphatic heterocycles. The van der Waals surface area contributed by atoms with E-state index in [1.54, 1.807) is 0 Å². The molecule has 0 saturated heterocycles. The van der Waals surface area contributed by atoms with Crippen molar-refractivity contribution < 1.29 is 9.26 Å². The summed E-state index contributed by atoms with van der Waals surface area (Å²) in [5.74, 6) is 1.18. The number of hydrogen-bond donors (Lipinski definition) is 1. The molecular weight excluding hydrogens is 242 g/mol. The number of nitrogens with two attached hydrogens (primary N) is 1. The SMILES string of the molecule is CCCOCc1noc(Cc2ccccc2CN)n1. The molecule has 19 heavy (non-hydrogen) atoms. The summed E-state index contributed by atoms with van der Waals surface area (Å²) >= 11 is 0. The first-order valence-electron chi connectivity index (χ1n) is 6.49. The van der Waals surface area contributed by atoms with Crippen LogP contribution in [-0.2, 0) is 24.3 Å². The van der Waals surface area contributed by atoms with Crippen LogP contribution in [0.15, 0.2) is 28.8 Å². The van der Waals surface area contributed by atoms with E-state index in [2.05, 4.69) is 17.1 Å². The molecule has 1 aromatic heterocycles. The highest BCUT2D eigenvalue weighted by Crippen LogP contribution is 2.13. The second-order valence-electron chi connectivity index (χ2n) is 4.31. The van der Waals surface area contributed by atoms with Gasteiger partial charge in [-0.2, -0.15) is 4.98 Å². The molecule has 0 aliphatic carbocycles. The average Bonchev–Trinajstić information content (AvgIpc) is 2.87. The smallest absolute Gasteiger partial charge is 0.231 e. The van der Waals surface area contributed by atoms with Gasteiger partial charge in [0.25, 0.3) is 0 Å². The first-order valence-corrected chi connectivity index (χ1v) is 6.49. The molecule has 1 aromatic carbocycles. The molecule has 0 radical (unpaired) electrons. The summed E-state index contributed by atoms with van der Waals surface area (Å²) in [4.78, 5) is 4.31. The highest BCUT2D eigenvalue weighted by molar-refractivity contribution is 5.28. The number of aromatic nitrogens is 2. The highest BCUT2D eigenvalue weighted by Gasteiger charge is 2.09. The van der Waals surface area contributed by atoms with Gasteiger partial charge in [0.1, 0.15) is 6.61 Å². The lowest BCUT2D eigenvalue weighted by Gasteiger charge is -2.03. The van der Waals surface area contributed by atoms with Crippen LogP contribution >= 0.6 is 0 Å². The van der Waals surface area contributed by atoms with Crippen LogP contribution in [0.2, 0.25) is 0 Å². The number of nitrogens with zero attached hydrogens (tertiary/aromatic N) is 2. The molecule has 0 saturated carbocycles. The summed E-state index contributed by atoms with van der Waals surface area (Å²) in [7, 11) is 0. The predicted molar refractivity (Wildman–Crippen MR) is 71.4 cm³/mol. The van der Waals surface area contributed by atoms with Crippen molar-refractivity contribution in [3.63, 3.8) is 0 Å². The zero-order valence-corrected chi connectivity index (χ0v) is 11.1. The summed E-state index contributed by atoms with van der Waals surface area (Å²) < 4.78 is 10.6. The second-order valence-corrected chi connectivity index (χ2v) is 4.31. The lowest BCUT2D eigenvalue weighted by molar-refractivity contribution is 0.114. The highest BCUT2D eigenvalue weighted by atomic mass is 16.5. The maximum atomic E-state index is 5.70. The summed E-state index contributed by atoms with van der Waals surface area (Å²) in [6.07, 6.45) is 1.59. The van der Waals surface area contributed by atoms with Crippen molar-refractivity contribution in [3.05, 3.63) is 47.1 Å². The Hall–Kier alpha value is -1.72. The minimum absolute atomic E-state index is 0.399. The third kappa shape index (κ3) is 3.87. The summed E-state index contributed by atoms with van der Waals surface area (Å²) in [6, 6.07) is 8.00.